The van der Waals surface area contributed by atoms with Crippen LogP contribution >= 0.6 is 12.2 Å². The molecule has 0 aromatic heterocycles. The summed E-state index contributed by atoms with van der Waals surface area (Å²) in [4.78, 5) is 26.9. The first-order valence-electron chi connectivity index (χ1n) is 10.4. The van der Waals surface area contributed by atoms with Gasteiger partial charge in [0.05, 0.1) is 6.54 Å². The van der Waals surface area contributed by atoms with Gasteiger partial charge in [0.2, 0.25) is 0 Å². The van der Waals surface area contributed by atoms with E-state index in [0.717, 1.165) is 28.1 Å². The Balaban J connectivity index is 1.36. The monoisotopic (exact) mass is 443 g/mol. The molecule has 0 atom stereocenters. The molecule has 1 heterocycles. The quantitative estimate of drug-likeness (QED) is 0.541. The molecule has 0 spiro atoms. The molecule has 6 heteroatoms. The van der Waals surface area contributed by atoms with Crippen molar-refractivity contribution in [3.63, 3.8) is 0 Å². The number of nitrogens with one attached hydrogen (secondary N) is 2. The minimum Gasteiger partial charge on any atom is -0.332 e. The Morgan fingerprint density at radius 3 is 2.22 bits per heavy atom. The second-order valence-corrected chi connectivity index (χ2v) is 9.24. The molecule has 0 fully saturated rings. The van der Waals surface area contributed by atoms with Crippen LogP contribution in [0.15, 0.2) is 72.8 Å². The molecule has 3 aromatic carbocycles. The van der Waals surface area contributed by atoms with E-state index >= 15 is 0 Å². The zero-order valence-electron chi connectivity index (χ0n) is 18.3. The number of rotatable bonds is 3. The zero-order valence-corrected chi connectivity index (χ0v) is 19.1. The lowest BCUT2D eigenvalue weighted by atomic mass is 9.87. The van der Waals surface area contributed by atoms with E-state index in [2.05, 4.69) is 31.4 Å². The van der Waals surface area contributed by atoms with Crippen molar-refractivity contribution < 1.29 is 9.59 Å². The van der Waals surface area contributed by atoms with Gasteiger partial charge in [0.15, 0.2) is 5.11 Å². The topological polar surface area (TPSA) is 61.4 Å². The van der Waals surface area contributed by atoms with E-state index < -0.39 is 0 Å². The first kappa shape index (κ1) is 21.7. The zero-order chi connectivity index (χ0) is 22.9. The summed E-state index contributed by atoms with van der Waals surface area (Å²) in [7, 11) is 0. The third-order valence-electron chi connectivity index (χ3n) is 5.50. The number of carbonyl (C=O) groups is 2. The number of benzene rings is 3. The van der Waals surface area contributed by atoms with Crippen molar-refractivity contribution in [2.75, 3.05) is 10.2 Å². The molecule has 1 aliphatic heterocycles. The van der Waals surface area contributed by atoms with Crippen molar-refractivity contribution >= 4 is 40.5 Å². The molecule has 0 unspecified atom stereocenters. The number of nitrogens with zero attached hydrogens (tertiary/aromatic N) is 1. The molecule has 0 aliphatic carbocycles. The second kappa shape index (κ2) is 8.55. The van der Waals surface area contributed by atoms with Crippen molar-refractivity contribution in [1.29, 1.82) is 0 Å². The van der Waals surface area contributed by atoms with Crippen LogP contribution in [0.4, 0.5) is 11.4 Å². The minimum absolute atomic E-state index is 0.00146. The van der Waals surface area contributed by atoms with Crippen molar-refractivity contribution in [2.24, 2.45) is 0 Å². The Morgan fingerprint density at radius 1 is 0.938 bits per heavy atom. The summed E-state index contributed by atoms with van der Waals surface area (Å²) in [5.41, 5.74) is 5.05. The average molecular weight is 444 g/mol. The van der Waals surface area contributed by atoms with E-state index in [-0.39, 0.29) is 22.3 Å². The molecule has 0 bridgehead atoms. The van der Waals surface area contributed by atoms with Gasteiger partial charge in [-0.3, -0.25) is 14.9 Å². The highest BCUT2D eigenvalue weighted by Crippen LogP contribution is 2.29. The van der Waals surface area contributed by atoms with E-state index in [4.69, 9.17) is 12.2 Å². The molecule has 0 saturated carbocycles. The van der Waals surface area contributed by atoms with Crippen LogP contribution < -0.4 is 15.5 Å². The highest BCUT2D eigenvalue weighted by molar-refractivity contribution is 7.80. The Hall–Kier alpha value is -3.51. The van der Waals surface area contributed by atoms with E-state index in [1.165, 1.54) is 0 Å². The summed E-state index contributed by atoms with van der Waals surface area (Å²) in [5, 5.41) is 5.94. The third kappa shape index (κ3) is 4.55. The molecular weight excluding hydrogens is 418 g/mol. The average Bonchev–Trinajstić information content (AvgIpc) is 3.10. The molecule has 2 N–H and O–H groups in total. The standard InChI is InChI=1S/C26H25N3O2S/c1-26(2,3)19-10-8-17(9-11-19)23(30)28-25(32)27-20-12-14-21(15-13-20)29-16-18-6-4-5-7-22(18)24(29)31/h4-15H,16H2,1-3H3,(H2,27,28,30,32). The van der Waals surface area contributed by atoms with Gasteiger partial charge in [-0.15, -0.1) is 0 Å². The maximum Gasteiger partial charge on any atom is 0.258 e. The maximum atomic E-state index is 12.6. The number of amides is 2. The van der Waals surface area contributed by atoms with Crippen molar-refractivity contribution in [1.82, 2.24) is 5.32 Å². The van der Waals surface area contributed by atoms with Gasteiger partial charge in [0, 0.05) is 22.5 Å². The third-order valence-corrected chi connectivity index (χ3v) is 5.70. The minimum atomic E-state index is -0.264. The lowest BCUT2D eigenvalue weighted by Crippen LogP contribution is -2.34. The van der Waals surface area contributed by atoms with Gasteiger partial charge in [-0.1, -0.05) is 51.1 Å². The van der Waals surface area contributed by atoms with Gasteiger partial charge >= 0.3 is 0 Å². The normalized spacial score (nSPS) is 13.0. The molecular formula is C26H25N3O2S. The Kier molecular flexibility index (Phi) is 5.80. The largest absolute Gasteiger partial charge is 0.332 e. The summed E-state index contributed by atoms with van der Waals surface area (Å²) in [5.74, 6) is -0.262. The fraction of sp³-hybridized carbons (Fsp3) is 0.192. The fourth-order valence-corrected chi connectivity index (χ4v) is 3.86. The van der Waals surface area contributed by atoms with Crippen LogP contribution in [0, 0.1) is 0 Å². The van der Waals surface area contributed by atoms with Crippen LogP contribution in [0.2, 0.25) is 0 Å². The van der Waals surface area contributed by atoms with Crippen molar-refractivity contribution in [3.8, 4) is 0 Å². The van der Waals surface area contributed by atoms with Gasteiger partial charge in [0.1, 0.15) is 0 Å². The van der Waals surface area contributed by atoms with Gasteiger partial charge in [-0.05, 0) is 71.2 Å². The number of fused-ring (bicyclic) bond motifs is 1. The van der Waals surface area contributed by atoms with Crippen LogP contribution in [-0.4, -0.2) is 16.9 Å². The molecule has 162 valence electrons. The molecule has 2 amide bonds. The van der Waals surface area contributed by atoms with Gasteiger partial charge in [0.25, 0.3) is 11.8 Å². The highest BCUT2D eigenvalue weighted by atomic mass is 32.1. The summed E-state index contributed by atoms with van der Waals surface area (Å²) < 4.78 is 0. The highest BCUT2D eigenvalue weighted by Gasteiger charge is 2.27. The fourth-order valence-electron chi connectivity index (χ4n) is 3.65. The van der Waals surface area contributed by atoms with E-state index in [9.17, 15) is 9.59 Å². The van der Waals surface area contributed by atoms with Gasteiger partial charge in [-0.25, -0.2) is 0 Å². The second-order valence-electron chi connectivity index (χ2n) is 8.83. The van der Waals surface area contributed by atoms with Crippen LogP contribution in [0.25, 0.3) is 0 Å². The predicted octanol–water partition coefficient (Wildman–Crippen LogP) is 5.27. The van der Waals surface area contributed by atoms with Crippen LogP contribution in [0.5, 0.6) is 0 Å². The van der Waals surface area contributed by atoms with E-state index in [1.807, 2.05) is 60.7 Å². The maximum absolute atomic E-state index is 12.6. The first-order valence-corrected chi connectivity index (χ1v) is 10.9. The van der Waals surface area contributed by atoms with Gasteiger partial charge < -0.3 is 10.2 Å². The Labute approximate surface area is 193 Å². The van der Waals surface area contributed by atoms with Crippen molar-refractivity contribution in [3.05, 3.63) is 95.1 Å². The summed E-state index contributed by atoms with van der Waals surface area (Å²) in [6.07, 6.45) is 0. The Morgan fingerprint density at radius 2 is 1.59 bits per heavy atom. The Bertz CT molecular complexity index is 1180. The number of carbonyl (C=O) groups excluding carboxylic acids is 2. The molecule has 32 heavy (non-hydrogen) atoms. The lowest BCUT2D eigenvalue weighted by molar-refractivity contribution is 0.0974. The summed E-state index contributed by atoms with van der Waals surface area (Å²) in [6, 6.07) is 22.6. The van der Waals surface area contributed by atoms with E-state index in [1.54, 1.807) is 17.0 Å². The molecule has 3 aromatic rings. The number of thiocarbonyl (C=S) groups is 1. The summed E-state index contributed by atoms with van der Waals surface area (Å²) in [6.45, 7) is 6.95. The number of hydrogen-bond donors (Lipinski definition) is 2. The number of anilines is 2. The number of hydrogen-bond acceptors (Lipinski definition) is 3. The molecule has 4 rings (SSSR count). The summed E-state index contributed by atoms with van der Waals surface area (Å²) >= 11 is 5.30. The predicted molar refractivity (Wildman–Crippen MR) is 132 cm³/mol. The lowest BCUT2D eigenvalue weighted by Gasteiger charge is -2.19. The molecule has 0 radical (unpaired) electrons. The molecule has 5 nitrogen and oxygen atoms in total. The molecule has 0 saturated heterocycles. The SMILES string of the molecule is CC(C)(C)c1ccc(C(=O)NC(=S)Nc2ccc(N3Cc4ccccc4C3=O)cc2)cc1. The molecule has 1 aliphatic rings. The van der Waals surface area contributed by atoms with Crippen LogP contribution in [-0.2, 0) is 12.0 Å². The smallest absolute Gasteiger partial charge is 0.258 e. The van der Waals surface area contributed by atoms with Crippen LogP contribution in [0.1, 0.15) is 52.6 Å². The van der Waals surface area contributed by atoms with Crippen molar-refractivity contribution in [2.45, 2.75) is 32.7 Å². The van der Waals surface area contributed by atoms with Gasteiger partial charge in [-0.2, -0.15) is 0 Å². The van der Waals surface area contributed by atoms with Crippen LogP contribution in [0.3, 0.4) is 0 Å². The van der Waals surface area contributed by atoms with E-state index in [0.29, 0.717) is 12.1 Å². The first-order chi connectivity index (χ1) is 15.2.